The topological polar surface area (TPSA) is 51.6 Å². The summed E-state index contributed by atoms with van der Waals surface area (Å²) in [5.41, 5.74) is 1.75. The Kier molecular flexibility index (Phi) is 3.33. The summed E-state index contributed by atoms with van der Waals surface area (Å²) in [5, 5.41) is 10.4. The van der Waals surface area contributed by atoms with E-state index in [0.29, 0.717) is 31.1 Å². The van der Waals surface area contributed by atoms with Crippen molar-refractivity contribution in [2.45, 2.75) is 12.5 Å². The summed E-state index contributed by atoms with van der Waals surface area (Å²) in [6.45, 7) is 1.07. The Labute approximate surface area is 111 Å². The summed E-state index contributed by atoms with van der Waals surface area (Å²) in [6, 6.07) is 9.41. The maximum Gasteiger partial charge on any atom is 0.167 e. The van der Waals surface area contributed by atoms with E-state index < -0.39 is 6.10 Å². The van der Waals surface area contributed by atoms with Gasteiger partial charge in [0.15, 0.2) is 11.5 Å². The molecule has 1 aliphatic rings. The zero-order valence-corrected chi connectivity index (χ0v) is 10.5. The van der Waals surface area contributed by atoms with Crippen LogP contribution in [0.1, 0.15) is 17.2 Å². The van der Waals surface area contributed by atoms with Crippen molar-refractivity contribution in [3.63, 3.8) is 0 Å². The SMILES string of the molecule is OC(Cc1cccnc1)c1cccc2c1OCCO2. The van der Waals surface area contributed by atoms with Crippen molar-refractivity contribution in [3.8, 4) is 11.5 Å². The molecule has 0 radical (unpaired) electrons. The third-order valence-corrected chi connectivity index (χ3v) is 3.11. The van der Waals surface area contributed by atoms with Gasteiger partial charge in [0.05, 0.1) is 6.10 Å². The Morgan fingerprint density at radius 2 is 2.05 bits per heavy atom. The van der Waals surface area contributed by atoms with Gasteiger partial charge >= 0.3 is 0 Å². The lowest BCUT2D eigenvalue weighted by Gasteiger charge is -2.23. The lowest BCUT2D eigenvalue weighted by molar-refractivity contribution is 0.146. The minimum atomic E-state index is -0.624. The highest BCUT2D eigenvalue weighted by molar-refractivity contribution is 5.48. The van der Waals surface area contributed by atoms with Gasteiger partial charge in [-0.05, 0) is 17.7 Å². The van der Waals surface area contributed by atoms with Crippen molar-refractivity contribution < 1.29 is 14.6 Å². The normalized spacial score (nSPS) is 15.0. The van der Waals surface area contributed by atoms with Crippen LogP contribution in [0.3, 0.4) is 0 Å². The molecular weight excluding hydrogens is 242 g/mol. The minimum absolute atomic E-state index is 0.508. The fourth-order valence-electron chi connectivity index (χ4n) is 2.21. The number of aliphatic hydroxyl groups excluding tert-OH is 1. The highest BCUT2D eigenvalue weighted by Crippen LogP contribution is 2.37. The summed E-state index contributed by atoms with van der Waals surface area (Å²) in [4.78, 5) is 4.05. The van der Waals surface area contributed by atoms with Crippen LogP contribution in [0.25, 0.3) is 0 Å². The number of aromatic nitrogens is 1. The molecule has 0 spiro atoms. The largest absolute Gasteiger partial charge is 0.486 e. The highest BCUT2D eigenvalue weighted by atomic mass is 16.6. The molecule has 0 fully saturated rings. The van der Waals surface area contributed by atoms with Crippen molar-refractivity contribution in [2.75, 3.05) is 13.2 Å². The Morgan fingerprint density at radius 1 is 1.16 bits per heavy atom. The van der Waals surface area contributed by atoms with E-state index >= 15 is 0 Å². The van der Waals surface area contributed by atoms with Crippen LogP contribution < -0.4 is 9.47 Å². The average molecular weight is 257 g/mol. The third kappa shape index (κ3) is 2.53. The minimum Gasteiger partial charge on any atom is -0.486 e. The van der Waals surface area contributed by atoms with E-state index in [0.717, 1.165) is 11.1 Å². The number of hydrogen-bond donors (Lipinski definition) is 1. The molecule has 0 saturated carbocycles. The van der Waals surface area contributed by atoms with Gasteiger partial charge in [-0.25, -0.2) is 0 Å². The monoisotopic (exact) mass is 257 g/mol. The molecule has 0 saturated heterocycles. The van der Waals surface area contributed by atoms with Crippen LogP contribution >= 0.6 is 0 Å². The molecule has 1 atom stereocenters. The first-order chi connectivity index (χ1) is 9.34. The predicted molar refractivity (Wildman–Crippen MR) is 70.3 cm³/mol. The fourth-order valence-corrected chi connectivity index (χ4v) is 2.21. The van der Waals surface area contributed by atoms with Crippen LogP contribution in [-0.2, 0) is 6.42 Å². The second kappa shape index (κ2) is 5.28. The van der Waals surface area contributed by atoms with Crippen molar-refractivity contribution in [2.24, 2.45) is 0 Å². The summed E-state index contributed by atoms with van der Waals surface area (Å²) in [5.74, 6) is 1.36. The molecule has 3 rings (SSSR count). The summed E-state index contributed by atoms with van der Waals surface area (Å²) < 4.78 is 11.1. The molecule has 1 aliphatic heterocycles. The van der Waals surface area contributed by atoms with Crippen LogP contribution in [-0.4, -0.2) is 23.3 Å². The number of aliphatic hydroxyl groups is 1. The van der Waals surface area contributed by atoms with Crippen LogP contribution in [0.15, 0.2) is 42.7 Å². The second-order valence-electron chi connectivity index (χ2n) is 4.45. The van der Waals surface area contributed by atoms with Crippen molar-refractivity contribution in [3.05, 3.63) is 53.9 Å². The number of rotatable bonds is 3. The molecular formula is C15H15NO3. The van der Waals surface area contributed by atoms with Crippen LogP contribution in [0.5, 0.6) is 11.5 Å². The Morgan fingerprint density at radius 3 is 2.89 bits per heavy atom. The van der Waals surface area contributed by atoms with Gasteiger partial charge in [-0.15, -0.1) is 0 Å². The first-order valence-electron chi connectivity index (χ1n) is 6.30. The molecule has 1 aromatic heterocycles. The van der Waals surface area contributed by atoms with Gasteiger partial charge in [0, 0.05) is 24.4 Å². The third-order valence-electron chi connectivity index (χ3n) is 3.11. The fraction of sp³-hybridized carbons (Fsp3) is 0.267. The van der Waals surface area contributed by atoms with Gasteiger partial charge in [0.25, 0.3) is 0 Å². The molecule has 1 aromatic carbocycles. The van der Waals surface area contributed by atoms with E-state index in [2.05, 4.69) is 4.98 Å². The zero-order chi connectivity index (χ0) is 13.1. The lowest BCUT2D eigenvalue weighted by Crippen LogP contribution is -2.17. The molecule has 2 aromatic rings. The maximum absolute atomic E-state index is 10.4. The number of pyridine rings is 1. The number of ether oxygens (including phenoxy) is 2. The first kappa shape index (κ1) is 12.0. The number of benzene rings is 1. The summed E-state index contributed by atoms with van der Waals surface area (Å²) in [6.07, 6.45) is 3.36. The Bertz CT molecular complexity index is 557. The van der Waals surface area contributed by atoms with Crippen LogP contribution in [0, 0.1) is 0 Å². The molecule has 4 nitrogen and oxygen atoms in total. The molecule has 98 valence electrons. The number of fused-ring (bicyclic) bond motifs is 1. The predicted octanol–water partition coefficient (Wildman–Crippen LogP) is 2.13. The van der Waals surface area contributed by atoms with E-state index in [9.17, 15) is 5.11 Å². The molecule has 19 heavy (non-hydrogen) atoms. The first-order valence-corrected chi connectivity index (χ1v) is 6.30. The van der Waals surface area contributed by atoms with Gasteiger partial charge in [0.1, 0.15) is 13.2 Å². The average Bonchev–Trinajstić information content (AvgIpc) is 2.47. The van der Waals surface area contributed by atoms with E-state index in [4.69, 9.17) is 9.47 Å². The number of hydrogen-bond acceptors (Lipinski definition) is 4. The van der Waals surface area contributed by atoms with Gasteiger partial charge in [-0.3, -0.25) is 4.98 Å². The molecule has 2 heterocycles. The van der Waals surface area contributed by atoms with Gasteiger partial charge in [0.2, 0.25) is 0 Å². The molecule has 1 unspecified atom stereocenters. The van der Waals surface area contributed by atoms with Gasteiger partial charge in [-0.2, -0.15) is 0 Å². The Hall–Kier alpha value is -2.07. The molecule has 4 heteroatoms. The van der Waals surface area contributed by atoms with Gasteiger partial charge in [-0.1, -0.05) is 18.2 Å². The zero-order valence-electron chi connectivity index (χ0n) is 10.5. The second-order valence-corrected chi connectivity index (χ2v) is 4.45. The Balaban J connectivity index is 1.86. The number of nitrogens with zero attached hydrogens (tertiary/aromatic N) is 1. The number of para-hydroxylation sites is 1. The summed E-state index contributed by atoms with van der Waals surface area (Å²) >= 11 is 0. The quantitative estimate of drug-likeness (QED) is 0.915. The van der Waals surface area contributed by atoms with E-state index in [-0.39, 0.29) is 0 Å². The molecule has 1 N–H and O–H groups in total. The van der Waals surface area contributed by atoms with E-state index in [1.807, 2.05) is 30.3 Å². The van der Waals surface area contributed by atoms with Crippen molar-refractivity contribution in [1.29, 1.82) is 0 Å². The van der Waals surface area contributed by atoms with E-state index in [1.54, 1.807) is 12.4 Å². The lowest BCUT2D eigenvalue weighted by atomic mass is 10.0. The highest BCUT2D eigenvalue weighted by Gasteiger charge is 2.20. The van der Waals surface area contributed by atoms with Crippen LogP contribution in [0.4, 0.5) is 0 Å². The molecule has 0 bridgehead atoms. The smallest absolute Gasteiger partial charge is 0.167 e. The standard InChI is InChI=1S/C15H15NO3/c17-13(9-11-3-2-6-16-10-11)12-4-1-5-14-15(12)19-8-7-18-14/h1-6,10,13,17H,7-9H2. The van der Waals surface area contributed by atoms with Crippen LogP contribution in [0.2, 0.25) is 0 Å². The van der Waals surface area contributed by atoms with Crippen molar-refractivity contribution in [1.82, 2.24) is 4.98 Å². The molecule has 0 amide bonds. The maximum atomic E-state index is 10.4. The molecule has 0 aliphatic carbocycles. The van der Waals surface area contributed by atoms with Gasteiger partial charge < -0.3 is 14.6 Å². The summed E-state index contributed by atoms with van der Waals surface area (Å²) in [7, 11) is 0. The van der Waals surface area contributed by atoms with Crippen molar-refractivity contribution >= 4 is 0 Å². The van der Waals surface area contributed by atoms with E-state index in [1.165, 1.54) is 0 Å².